The van der Waals surface area contributed by atoms with Crippen LogP contribution in [0.1, 0.15) is 29.2 Å². The Morgan fingerprint density at radius 3 is 3.10 bits per heavy atom. The summed E-state index contributed by atoms with van der Waals surface area (Å²) in [5, 5.41) is 7.54. The summed E-state index contributed by atoms with van der Waals surface area (Å²) in [6, 6.07) is 6.86. The van der Waals surface area contributed by atoms with Gasteiger partial charge >= 0.3 is 0 Å². The average Bonchev–Trinajstić information content (AvgIpc) is 3.05. The molecule has 106 valence electrons. The van der Waals surface area contributed by atoms with Crippen LogP contribution in [0.25, 0.3) is 0 Å². The molecule has 2 aromatic rings. The summed E-state index contributed by atoms with van der Waals surface area (Å²) >= 11 is 0. The second kappa shape index (κ2) is 5.67. The molecular formula is C16H21N3O. The van der Waals surface area contributed by atoms with E-state index < -0.39 is 0 Å². The van der Waals surface area contributed by atoms with Gasteiger partial charge in [0.05, 0.1) is 12.8 Å². The van der Waals surface area contributed by atoms with Crippen LogP contribution in [-0.4, -0.2) is 23.4 Å². The first kappa shape index (κ1) is 13.2. The topological polar surface area (TPSA) is 39.1 Å². The quantitative estimate of drug-likeness (QED) is 0.906. The minimum absolute atomic E-state index is 0.479. The second-order valence-corrected chi connectivity index (χ2v) is 5.32. The minimum Gasteiger partial charge on any atom is -0.493 e. The maximum absolute atomic E-state index is 5.99. The second-order valence-electron chi connectivity index (χ2n) is 5.32. The lowest BCUT2D eigenvalue weighted by Crippen LogP contribution is -2.12. The zero-order valence-corrected chi connectivity index (χ0v) is 12.1. The molecule has 1 unspecified atom stereocenters. The Hall–Kier alpha value is -1.81. The summed E-state index contributed by atoms with van der Waals surface area (Å²) in [6.45, 7) is 0.701. The van der Waals surface area contributed by atoms with Crippen LogP contribution in [-0.2, 0) is 19.9 Å². The molecule has 1 aliphatic rings. The van der Waals surface area contributed by atoms with Crippen LogP contribution < -0.4 is 10.1 Å². The minimum atomic E-state index is 0.479. The van der Waals surface area contributed by atoms with Crippen molar-refractivity contribution in [3.63, 3.8) is 0 Å². The highest BCUT2D eigenvalue weighted by atomic mass is 16.5. The van der Waals surface area contributed by atoms with E-state index in [1.54, 1.807) is 0 Å². The molecule has 4 nitrogen and oxygen atoms in total. The lowest BCUT2D eigenvalue weighted by atomic mass is 10.1. The zero-order valence-electron chi connectivity index (χ0n) is 12.1. The van der Waals surface area contributed by atoms with Crippen molar-refractivity contribution >= 4 is 0 Å². The fourth-order valence-corrected chi connectivity index (χ4v) is 2.94. The van der Waals surface area contributed by atoms with Gasteiger partial charge in [0.15, 0.2) is 0 Å². The molecule has 1 aliphatic carbocycles. The van der Waals surface area contributed by atoms with Crippen LogP contribution in [0.15, 0.2) is 30.6 Å². The molecule has 1 aromatic heterocycles. The molecule has 0 radical (unpaired) electrons. The van der Waals surface area contributed by atoms with Crippen molar-refractivity contribution in [1.82, 2.24) is 15.1 Å². The molecular weight excluding hydrogens is 250 g/mol. The Balaban J connectivity index is 1.65. The highest BCUT2D eigenvalue weighted by molar-refractivity contribution is 5.45. The van der Waals surface area contributed by atoms with Gasteiger partial charge in [-0.2, -0.15) is 5.10 Å². The predicted octanol–water partition coefficient (Wildman–Crippen LogP) is 2.25. The van der Waals surface area contributed by atoms with Crippen molar-refractivity contribution in [3.05, 3.63) is 47.3 Å². The Morgan fingerprint density at radius 2 is 2.35 bits per heavy atom. The van der Waals surface area contributed by atoms with E-state index in [-0.39, 0.29) is 0 Å². The third-order valence-electron chi connectivity index (χ3n) is 3.98. The Morgan fingerprint density at radius 1 is 1.45 bits per heavy atom. The number of benzene rings is 1. The number of hydrogen-bond acceptors (Lipinski definition) is 3. The fraction of sp³-hybridized carbons (Fsp3) is 0.438. The third kappa shape index (κ3) is 2.56. The normalized spacial score (nSPS) is 17.2. The maximum Gasteiger partial charge on any atom is 0.122 e. The predicted molar refractivity (Wildman–Crippen MR) is 79.0 cm³/mol. The van der Waals surface area contributed by atoms with E-state index in [0.29, 0.717) is 12.6 Å². The van der Waals surface area contributed by atoms with Crippen molar-refractivity contribution in [1.29, 1.82) is 0 Å². The first-order valence-corrected chi connectivity index (χ1v) is 7.17. The van der Waals surface area contributed by atoms with Gasteiger partial charge in [-0.15, -0.1) is 0 Å². The van der Waals surface area contributed by atoms with Crippen LogP contribution in [0.2, 0.25) is 0 Å². The monoisotopic (exact) mass is 271 g/mol. The summed E-state index contributed by atoms with van der Waals surface area (Å²) in [7, 11) is 3.96. The van der Waals surface area contributed by atoms with E-state index in [4.69, 9.17) is 4.74 Å². The molecule has 0 spiro atoms. The highest BCUT2D eigenvalue weighted by Gasteiger charge is 2.23. The molecule has 4 heteroatoms. The Labute approximate surface area is 119 Å². The average molecular weight is 271 g/mol. The fourth-order valence-electron chi connectivity index (χ4n) is 2.94. The number of fused-ring (bicyclic) bond motifs is 1. The van der Waals surface area contributed by atoms with Crippen LogP contribution in [0, 0.1) is 0 Å². The first-order chi connectivity index (χ1) is 9.78. The summed E-state index contributed by atoms with van der Waals surface area (Å²) < 4.78 is 7.82. The molecule has 0 amide bonds. The van der Waals surface area contributed by atoms with Crippen molar-refractivity contribution in [3.8, 4) is 5.75 Å². The van der Waals surface area contributed by atoms with Crippen LogP contribution in [0.5, 0.6) is 5.75 Å². The molecule has 1 aromatic carbocycles. The van der Waals surface area contributed by atoms with Crippen LogP contribution in [0.3, 0.4) is 0 Å². The molecule has 0 aliphatic heterocycles. The van der Waals surface area contributed by atoms with Gasteiger partial charge in [0, 0.05) is 25.7 Å². The molecule has 3 rings (SSSR count). The lowest BCUT2D eigenvalue weighted by Gasteiger charge is -2.12. The van der Waals surface area contributed by atoms with Gasteiger partial charge in [0.2, 0.25) is 0 Å². The summed E-state index contributed by atoms with van der Waals surface area (Å²) in [5.41, 5.74) is 3.98. The summed E-state index contributed by atoms with van der Waals surface area (Å²) in [4.78, 5) is 0. The Bertz CT molecular complexity index is 591. The smallest absolute Gasteiger partial charge is 0.122 e. The number of aromatic nitrogens is 2. The largest absolute Gasteiger partial charge is 0.493 e. The Kier molecular flexibility index (Phi) is 3.74. The number of nitrogens with one attached hydrogen (secondary N) is 1. The first-order valence-electron chi connectivity index (χ1n) is 7.17. The summed E-state index contributed by atoms with van der Waals surface area (Å²) in [5.74, 6) is 1.05. The molecule has 1 N–H and O–H groups in total. The molecule has 0 saturated carbocycles. The van der Waals surface area contributed by atoms with Crippen LogP contribution in [0.4, 0.5) is 0 Å². The van der Waals surface area contributed by atoms with Crippen molar-refractivity contribution in [2.45, 2.75) is 25.3 Å². The van der Waals surface area contributed by atoms with E-state index in [0.717, 1.165) is 25.0 Å². The van der Waals surface area contributed by atoms with Gasteiger partial charge in [-0.1, -0.05) is 12.1 Å². The number of ether oxygens (including phenoxy) is 1. The van der Waals surface area contributed by atoms with Crippen molar-refractivity contribution in [2.24, 2.45) is 7.05 Å². The SMILES string of the molecule is CNC1CCc2c(OCCc3cnn(C)c3)cccc21. The van der Waals surface area contributed by atoms with E-state index >= 15 is 0 Å². The molecule has 20 heavy (non-hydrogen) atoms. The van der Waals surface area contributed by atoms with Gasteiger partial charge in [0.1, 0.15) is 5.75 Å². The van der Waals surface area contributed by atoms with Crippen molar-refractivity contribution < 1.29 is 4.74 Å². The standard InChI is InChI=1S/C16H21N3O/c1-17-15-7-6-14-13(15)4-3-5-16(14)20-9-8-12-10-18-19(2)11-12/h3-5,10-11,15,17H,6-9H2,1-2H3. The number of hydrogen-bond donors (Lipinski definition) is 1. The molecule has 1 heterocycles. The van der Waals surface area contributed by atoms with Gasteiger partial charge in [0.25, 0.3) is 0 Å². The summed E-state index contributed by atoms with van der Waals surface area (Å²) in [6.07, 6.45) is 7.09. The van der Waals surface area contributed by atoms with Crippen LogP contribution >= 0.6 is 0 Å². The maximum atomic E-state index is 5.99. The molecule has 1 atom stereocenters. The van der Waals surface area contributed by atoms with Crippen molar-refractivity contribution in [2.75, 3.05) is 13.7 Å². The van der Waals surface area contributed by atoms with Gasteiger partial charge in [-0.05, 0) is 42.6 Å². The number of nitrogens with zero attached hydrogens (tertiary/aromatic N) is 2. The lowest BCUT2D eigenvalue weighted by molar-refractivity contribution is 0.319. The highest BCUT2D eigenvalue weighted by Crippen LogP contribution is 2.36. The number of rotatable bonds is 5. The zero-order chi connectivity index (χ0) is 13.9. The molecule has 0 bridgehead atoms. The van der Waals surface area contributed by atoms with E-state index in [1.807, 2.05) is 31.2 Å². The van der Waals surface area contributed by atoms with Gasteiger partial charge in [-0.25, -0.2) is 0 Å². The van der Waals surface area contributed by atoms with Gasteiger partial charge < -0.3 is 10.1 Å². The van der Waals surface area contributed by atoms with E-state index in [1.165, 1.54) is 16.7 Å². The number of aryl methyl sites for hydroxylation is 1. The molecule has 0 fully saturated rings. The van der Waals surface area contributed by atoms with E-state index in [2.05, 4.69) is 28.6 Å². The van der Waals surface area contributed by atoms with E-state index in [9.17, 15) is 0 Å². The molecule has 0 saturated heterocycles. The third-order valence-corrected chi connectivity index (χ3v) is 3.98. The van der Waals surface area contributed by atoms with Gasteiger partial charge in [-0.3, -0.25) is 4.68 Å².